The SMILES string of the molecule is Cc1ccc(C(=O)N2CC(C)OCC2C)c(Br)c1. The van der Waals surface area contributed by atoms with Crippen LogP contribution < -0.4 is 0 Å². The normalized spacial score (nSPS) is 24.1. The van der Waals surface area contributed by atoms with Gasteiger partial charge in [-0.05, 0) is 54.4 Å². The smallest absolute Gasteiger partial charge is 0.255 e. The van der Waals surface area contributed by atoms with E-state index in [1.54, 1.807) is 0 Å². The maximum Gasteiger partial charge on any atom is 0.255 e. The molecule has 1 saturated heterocycles. The summed E-state index contributed by atoms with van der Waals surface area (Å²) in [6.07, 6.45) is 0.106. The van der Waals surface area contributed by atoms with Crippen molar-refractivity contribution in [1.82, 2.24) is 4.90 Å². The van der Waals surface area contributed by atoms with Crippen molar-refractivity contribution < 1.29 is 9.53 Å². The zero-order valence-corrected chi connectivity index (χ0v) is 12.5. The number of benzene rings is 1. The van der Waals surface area contributed by atoms with Crippen molar-refractivity contribution in [3.05, 3.63) is 33.8 Å². The molecule has 0 bridgehead atoms. The fourth-order valence-electron chi connectivity index (χ4n) is 2.13. The summed E-state index contributed by atoms with van der Waals surface area (Å²) in [4.78, 5) is 14.4. The van der Waals surface area contributed by atoms with Gasteiger partial charge in [0.25, 0.3) is 5.91 Å². The summed E-state index contributed by atoms with van der Waals surface area (Å²) in [7, 11) is 0. The Hall–Kier alpha value is -0.870. The highest BCUT2D eigenvalue weighted by Gasteiger charge is 2.29. The van der Waals surface area contributed by atoms with Crippen molar-refractivity contribution >= 4 is 21.8 Å². The minimum atomic E-state index is 0.0736. The molecule has 1 aromatic rings. The van der Waals surface area contributed by atoms with Gasteiger partial charge in [0.1, 0.15) is 0 Å². The Labute approximate surface area is 116 Å². The van der Waals surface area contributed by atoms with Gasteiger partial charge in [-0.15, -0.1) is 0 Å². The van der Waals surface area contributed by atoms with Crippen LogP contribution in [0.3, 0.4) is 0 Å². The Bertz CT molecular complexity index is 461. The van der Waals surface area contributed by atoms with Crippen LogP contribution >= 0.6 is 15.9 Å². The number of amides is 1. The molecule has 0 aromatic heterocycles. The van der Waals surface area contributed by atoms with E-state index in [1.165, 1.54) is 0 Å². The first-order valence-electron chi connectivity index (χ1n) is 6.17. The van der Waals surface area contributed by atoms with E-state index in [0.717, 1.165) is 15.6 Å². The molecule has 98 valence electrons. The van der Waals surface area contributed by atoms with Crippen molar-refractivity contribution in [2.45, 2.75) is 32.9 Å². The zero-order valence-electron chi connectivity index (χ0n) is 10.9. The van der Waals surface area contributed by atoms with Gasteiger partial charge in [-0.3, -0.25) is 4.79 Å². The van der Waals surface area contributed by atoms with Gasteiger partial charge in [-0.25, -0.2) is 0 Å². The molecule has 1 aliphatic heterocycles. The third-order valence-corrected chi connectivity index (χ3v) is 3.88. The highest BCUT2D eigenvalue weighted by Crippen LogP contribution is 2.22. The van der Waals surface area contributed by atoms with Crippen LogP contribution in [0, 0.1) is 6.92 Å². The second kappa shape index (κ2) is 5.41. The number of carbonyl (C=O) groups is 1. The number of ether oxygens (including phenoxy) is 1. The summed E-state index contributed by atoms with van der Waals surface area (Å²) in [5.74, 6) is 0.0736. The first-order chi connectivity index (χ1) is 8.49. The predicted octanol–water partition coefficient (Wildman–Crippen LogP) is 3.01. The van der Waals surface area contributed by atoms with Crippen LogP contribution in [0.15, 0.2) is 22.7 Å². The first-order valence-corrected chi connectivity index (χ1v) is 6.97. The predicted molar refractivity (Wildman–Crippen MR) is 74.8 cm³/mol. The minimum Gasteiger partial charge on any atom is -0.375 e. The fourth-order valence-corrected chi connectivity index (χ4v) is 2.80. The minimum absolute atomic E-state index is 0.0736. The molecule has 0 spiro atoms. The van der Waals surface area contributed by atoms with Crippen molar-refractivity contribution in [2.24, 2.45) is 0 Å². The van der Waals surface area contributed by atoms with Gasteiger partial charge < -0.3 is 9.64 Å². The molecular weight excluding hydrogens is 294 g/mol. The average molecular weight is 312 g/mol. The summed E-state index contributed by atoms with van der Waals surface area (Å²) >= 11 is 3.47. The van der Waals surface area contributed by atoms with Gasteiger partial charge in [-0.1, -0.05) is 6.07 Å². The van der Waals surface area contributed by atoms with Crippen molar-refractivity contribution in [3.63, 3.8) is 0 Å². The molecule has 1 aromatic carbocycles. The number of morpholine rings is 1. The largest absolute Gasteiger partial charge is 0.375 e. The molecule has 4 heteroatoms. The number of rotatable bonds is 1. The highest BCUT2D eigenvalue weighted by atomic mass is 79.9. The summed E-state index contributed by atoms with van der Waals surface area (Å²) < 4.78 is 6.41. The number of aryl methyl sites for hydroxylation is 1. The lowest BCUT2D eigenvalue weighted by Gasteiger charge is -2.37. The summed E-state index contributed by atoms with van der Waals surface area (Å²) in [6.45, 7) is 7.29. The molecule has 1 amide bonds. The van der Waals surface area contributed by atoms with E-state index < -0.39 is 0 Å². The Morgan fingerprint density at radius 2 is 2.17 bits per heavy atom. The lowest BCUT2D eigenvalue weighted by molar-refractivity contribution is -0.0387. The standard InChI is InChI=1S/C14H18BrNO2/c1-9-4-5-12(13(15)6-9)14(17)16-7-11(3)18-8-10(16)2/h4-6,10-11H,7-8H2,1-3H3. The molecule has 0 radical (unpaired) electrons. The van der Waals surface area contributed by atoms with Crippen LogP contribution in [0.4, 0.5) is 0 Å². The van der Waals surface area contributed by atoms with Crippen molar-refractivity contribution in [2.75, 3.05) is 13.2 Å². The van der Waals surface area contributed by atoms with Crippen LogP contribution in [0.1, 0.15) is 29.8 Å². The maximum atomic E-state index is 12.5. The van der Waals surface area contributed by atoms with E-state index in [1.807, 2.05) is 43.9 Å². The van der Waals surface area contributed by atoms with Crippen molar-refractivity contribution in [3.8, 4) is 0 Å². The average Bonchev–Trinajstić information content (AvgIpc) is 2.31. The summed E-state index contributed by atoms with van der Waals surface area (Å²) in [5, 5.41) is 0. The monoisotopic (exact) mass is 311 g/mol. The number of halogens is 1. The lowest BCUT2D eigenvalue weighted by atomic mass is 10.1. The fraction of sp³-hybridized carbons (Fsp3) is 0.500. The first kappa shape index (κ1) is 13.6. The maximum absolute atomic E-state index is 12.5. The van der Waals surface area contributed by atoms with E-state index in [4.69, 9.17) is 4.74 Å². The number of nitrogens with zero attached hydrogens (tertiary/aromatic N) is 1. The second-order valence-electron chi connectivity index (χ2n) is 4.93. The van der Waals surface area contributed by atoms with Crippen molar-refractivity contribution in [1.29, 1.82) is 0 Å². The highest BCUT2D eigenvalue weighted by molar-refractivity contribution is 9.10. The quantitative estimate of drug-likeness (QED) is 0.798. The van der Waals surface area contributed by atoms with Gasteiger partial charge in [0, 0.05) is 11.0 Å². The molecule has 0 aliphatic carbocycles. The summed E-state index contributed by atoms with van der Waals surface area (Å²) in [6, 6.07) is 5.95. The molecule has 2 unspecified atom stereocenters. The summed E-state index contributed by atoms with van der Waals surface area (Å²) in [5.41, 5.74) is 1.86. The van der Waals surface area contributed by atoms with Gasteiger partial charge in [0.2, 0.25) is 0 Å². The number of hydrogen-bond donors (Lipinski definition) is 0. The van der Waals surface area contributed by atoms with Crippen LogP contribution in [0.2, 0.25) is 0 Å². The number of hydrogen-bond acceptors (Lipinski definition) is 2. The molecule has 18 heavy (non-hydrogen) atoms. The van der Waals surface area contributed by atoms with E-state index in [9.17, 15) is 4.79 Å². The Kier molecular flexibility index (Phi) is 4.07. The molecule has 1 heterocycles. The number of carbonyl (C=O) groups excluding carboxylic acids is 1. The van der Waals surface area contributed by atoms with Gasteiger partial charge >= 0.3 is 0 Å². The third kappa shape index (κ3) is 2.75. The van der Waals surface area contributed by atoms with Gasteiger partial charge in [0.05, 0.1) is 24.3 Å². The van der Waals surface area contributed by atoms with E-state index in [2.05, 4.69) is 15.9 Å². The molecule has 3 nitrogen and oxygen atoms in total. The molecular formula is C14H18BrNO2. The molecule has 0 N–H and O–H groups in total. The molecule has 2 atom stereocenters. The molecule has 2 rings (SSSR count). The van der Waals surface area contributed by atoms with Gasteiger partial charge in [-0.2, -0.15) is 0 Å². The Balaban J connectivity index is 2.24. The van der Waals surface area contributed by atoms with E-state index >= 15 is 0 Å². The molecule has 1 aliphatic rings. The van der Waals surface area contributed by atoms with Crippen LogP contribution in [0.5, 0.6) is 0 Å². The van der Waals surface area contributed by atoms with Gasteiger partial charge in [0.15, 0.2) is 0 Å². The second-order valence-corrected chi connectivity index (χ2v) is 5.79. The van der Waals surface area contributed by atoms with Crippen LogP contribution in [-0.2, 0) is 4.74 Å². The Morgan fingerprint density at radius 3 is 2.83 bits per heavy atom. The molecule has 1 fully saturated rings. The van der Waals surface area contributed by atoms with E-state index in [-0.39, 0.29) is 18.1 Å². The topological polar surface area (TPSA) is 29.5 Å². The lowest BCUT2D eigenvalue weighted by Crippen LogP contribution is -2.50. The third-order valence-electron chi connectivity index (χ3n) is 3.22. The van der Waals surface area contributed by atoms with Crippen LogP contribution in [-0.4, -0.2) is 36.1 Å². The Morgan fingerprint density at radius 1 is 1.44 bits per heavy atom. The molecule has 0 saturated carbocycles. The zero-order chi connectivity index (χ0) is 13.3. The van der Waals surface area contributed by atoms with Crippen LogP contribution in [0.25, 0.3) is 0 Å². The van der Waals surface area contributed by atoms with E-state index in [0.29, 0.717) is 13.2 Å².